The van der Waals surface area contributed by atoms with Crippen LogP contribution in [0.5, 0.6) is 0 Å². The fraction of sp³-hybridized carbons (Fsp3) is 0.579. The van der Waals surface area contributed by atoms with Crippen LogP contribution in [0, 0.1) is 11.8 Å². The maximum Gasteiger partial charge on any atom is 0.253 e. The maximum absolute atomic E-state index is 12.1. The van der Waals surface area contributed by atoms with Crippen molar-refractivity contribution in [2.75, 3.05) is 17.2 Å². The van der Waals surface area contributed by atoms with Gasteiger partial charge in [0, 0.05) is 24.4 Å². The SMILES string of the molecule is CC(C)CCOC(C)C(=O)Nc1ccc(NC(=O)CC(C)C)cc1. The monoisotopic (exact) mass is 334 g/mol. The maximum atomic E-state index is 12.1. The van der Waals surface area contributed by atoms with Crippen molar-refractivity contribution in [2.24, 2.45) is 11.8 Å². The Morgan fingerprint density at radius 2 is 1.46 bits per heavy atom. The molecule has 0 aliphatic heterocycles. The van der Waals surface area contributed by atoms with E-state index in [1.54, 1.807) is 31.2 Å². The predicted octanol–water partition coefficient (Wildman–Crippen LogP) is 4.06. The van der Waals surface area contributed by atoms with Crippen LogP contribution in [0.1, 0.15) is 47.5 Å². The third-order valence-electron chi connectivity index (χ3n) is 3.46. The first-order valence-corrected chi connectivity index (χ1v) is 8.60. The average molecular weight is 334 g/mol. The lowest BCUT2D eigenvalue weighted by molar-refractivity contribution is -0.126. The van der Waals surface area contributed by atoms with Crippen molar-refractivity contribution in [1.29, 1.82) is 0 Å². The van der Waals surface area contributed by atoms with Crippen LogP contribution in [0.4, 0.5) is 11.4 Å². The second-order valence-electron chi connectivity index (χ2n) is 6.91. The molecule has 0 aromatic heterocycles. The largest absolute Gasteiger partial charge is 0.369 e. The Balaban J connectivity index is 2.45. The van der Waals surface area contributed by atoms with Crippen molar-refractivity contribution in [3.8, 4) is 0 Å². The lowest BCUT2D eigenvalue weighted by atomic mass is 10.1. The quantitative estimate of drug-likeness (QED) is 0.715. The smallest absolute Gasteiger partial charge is 0.253 e. The van der Waals surface area contributed by atoms with Crippen LogP contribution >= 0.6 is 0 Å². The summed E-state index contributed by atoms with van der Waals surface area (Å²) in [6, 6.07) is 7.09. The number of nitrogens with one attached hydrogen (secondary N) is 2. The summed E-state index contributed by atoms with van der Waals surface area (Å²) >= 11 is 0. The van der Waals surface area contributed by atoms with Crippen molar-refractivity contribution in [1.82, 2.24) is 0 Å². The first kappa shape index (κ1) is 20.2. The third kappa shape index (κ3) is 8.11. The number of anilines is 2. The average Bonchev–Trinajstić information content (AvgIpc) is 2.47. The summed E-state index contributed by atoms with van der Waals surface area (Å²) in [6.07, 6.45) is 0.931. The van der Waals surface area contributed by atoms with Gasteiger partial charge in [-0.05, 0) is 49.4 Å². The second kappa shape index (κ2) is 10.1. The normalized spacial score (nSPS) is 12.3. The Labute approximate surface area is 145 Å². The number of carbonyl (C=O) groups excluding carboxylic acids is 2. The zero-order chi connectivity index (χ0) is 18.1. The van der Waals surface area contributed by atoms with Crippen LogP contribution in [0.3, 0.4) is 0 Å². The zero-order valence-electron chi connectivity index (χ0n) is 15.4. The molecule has 1 unspecified atom stereocenters. The Kier molecular flexibility index (Phi) is 8.47. The minimum Gasteiger partial charge on any atom is -0.369 e. The number of benzene rings is 1. The molecule has 0 radical (unpaired) electrons. The molecule has 1 rings (SSSR count). The van der Waals surface area contributed by atoms with E-state index in [-0.39, 0.29) is 11.8 Å². The molecule has 24 heavy (non-hydrogen) atoms. The fourth-order valence-corrected chi connectivity index (χ4v) is 2.02. The van der Waals surface area contributed by atoms with E-state index in [9.17, 15) is 9.59 Å². The van der Waals surface area contributed by atoms with Crippen LogP contribution in [0.25, 0.3) is 0 Å². The molecule has 5 heteroatoms. The van der Waals surface area contributed by atoms with E-state index in [0.717, 1.165) is 12.1 Å². The van der Waals surface area contributed by atoms with Crippen LogP contribution < -0.4 is 10.6 Å². The van der Waals surface area contributed by atoms with E-state index < -0.39 is 6.10 Å². The number of rotatable bonds is 9. The molecule has 0 aliphatic rings. The van der Waals surface area contributed by atoms with Gasteiger partial charge in [0.2, 0.25) is 5.91 Å². The van der Waals surface area contributed by atoms with E-state index in [4.69, 9.17) is 4.74 Å². The molecule has 2 N–H and O–H groups in total. The summed E-state index contributed by atoms with van der Waals surface area (Å²) in [5, 5.41) is 5.65. The van der Waals surface area contributed by atoms with Gasteiger partial charge in [0.1, 0.15) is 6.10 Å². The van der Waals surface area contributed by atoms with Crippen molar-refractivity contribution in [3.63, 3.8) is 0 Å². The van der Waals surface area contributed by atoms with Crippen molar-refractivity contribution >= 4 is 23.2 Å². The van der Waals surface area contributed by atoms with Gasteiger partial charge in [-0.15, -0.1) is 0 Å². The highest BCUT2D eigenvalue weighted by Gasteiger charge is 2.13. The molecule has 0 aliphatic carbocycles. The van der Waals surface area contributed by atoms with Gasteiger partial charge < -0.3 is 15.4 Å². The molecular formula is C19H30N2O3. The van der Waals surface area contributed by atoms with Gasteiger partial charge in [0.05, 0.1) is 0 Å². The summed E-state index contributed by atoms with van der Waals surface area (Å²) in [5.74, 6) is 0.698. The van der Waals surface area contributed by atoms with Gasteiger partial charge in [0.25, 0.3) is 5.91 Å². The number of hydrogen-bond donors (Lipinski definition) is 2. The highest BCUT2D eigenvalue weighted by molar-refractivity contribution is 5.94. The molecular weight excluding hydrogens is 304 g/mol. The Hall–Kier alpha value is -1.88. The Bertz CT molecular complexity index is 524. The van der Waals surface area contributed by atoms with E-state index >= 15 is 0 Å². The summed E-state index contributed by atoms with van der Waals surface area (Å²) in [5.41, 5.74) is 1.40. The number of hydrogen-bond acceptors (Lipinski definition) is 3. The second-order valence-corrected chi connectivity index (χ2v) is 6.91. The standard InChI is InChI=1S/C19H30N2O3/c1-13(2)10-11-24-15(5)19(23)21-17-8-6-16(7-9-17)20-18(22)12-14(3)4/h6-9,13-15H,10-12H2,1-5H3,(H,20,22)(H,21,23). The van der Waals surface area contributed by atoms with E-state index in [1.807, 2.05) is 13.8 Å². The van der Waals surface area contributed by atoms with Crippen LogP contribution in [-0.4, -0.2) is 24.5 Å². The molecule has 1 aromatic rings. The molecule has 0 bridgehead atoms. The number of ether oxygens (including phenoxy) is 1. The highest BCUT2D eigenvalue weighted by atomic mass is 16.5. The summed E-state index contributed by atoms with van der Waals surface area (Å²) in [6.45, 7) is 10.6. The van der Waals surface area contributed by atoms with E-state index in [0.29, 0.717) is 30.6 Å². The first-order chi connectivity index (χ1) is 11.3. The van der Waals surface area contributed by atoms with Gasteiger partial charge in [0.15, 0.2) is 0 Å². The minimum absolute atomic E-state index is 0.00559. The molecule has 0 saturated carbocycles. The van der Waals surface area contributed by atoms with Crippen molar-refractivity contribution < 1.29 is 14.3 Å². The van der Waals surface area contributed by atoms with Crippen LogP contribution in [-0.2, 0) is 14.3 Å². The predicted molar refractivity (Wildman–Crippen MR) is 98.0 cm³/mol. The number of amides is 2. The molecule has 134 valence electrons. The molecule has 0 heterocycles. The molecule has 1 aromatic carbocycles. The van der Waals surface area contributed by atoms with Crippen LogP contribution in [0.2, 0.25) is 0 Å². The number of carbonyl (C=O) groups is 2. The zero-order valence-corrected chi connectivity index (χ0v) is 15.4. The van der Waals surface area contributed by atoms with Crippen LogP contribution in [0.15, 0.2) is 24.3 Å². The third-order valence-corrected chi connectivity index (χ3v) is 3.46. The van der Waals surface area contributed by atoms with Gasteiger partial charge in [-0.25, -0.2) is 0 Å². The first-order valence-electron chi connectivity index (χ1n) is 8.60. The van der Waals surface area contributed by atoms with Gasteiger partial charge >= 0.3 is 0 Å². The molecule has 5 nitrogen and oxygen atoms in total. The van der Waals surface area contributed by atoms with Gasteiger partial charge in [-0.1, -0.05) is 27.7 Å². The van der Waals surface area contributed by atoms with E-state index in [2.05, 4.69) is 24.5 Å². The Morgan fingerprint density at radius 1 is 0.917 bits per heavy atom. The Morgan fingerprint density at radius 3 is 1.96 bits per heavy atom. The summed E-state index contributed by atoms with van der Waals surface area (Å²) in [7, 11) is 0. The molecule has 0 saturated heterocycles. The van der Waals surface area contributed by atoms with Crippen molar-refractivity contribution in [2.45, 2.75) is 53.6 Å². The summed E-state index contributed by atoms with van der Waals surface area (Å²) < 4.78 is 5.53. The molecule has 0 fully saturated rings. The van der Waals surface area contributed by atoms with Gasteiger partial charge in [-0.3, -0.25) is 9.59 Å². The molecule has 2 amide bonds. The van der Waals surface area contributed by atoms with Gasteiger partial charge in [-0.2, -0.15) is 0 Å². The highest BCUT2D eigenvalue weighted by Crippen LogP contribution is 2.15. The van der Waals surface area contributed by atoms with E-state index in [1.165, 1.54) is 0 Å². The lowest BCUT2D eigenvalue weighted by Gasteiger charge is -2.14. The lowest BCUT2D eigenvalue weighted by Crippen LogP contribution is -2.28. The fourth-order valence-electron chi connectivity index (χ4n) is 2.02. The minimum atomic E-state index is -0.492. The summed E-state index contributed by atoms with van der Waals surface area (Å²) in [4.78, 5) is 23.8. The topological polar surface area (TPSA) is 67.4 Å². The molecule has 0 spiro atoms. The molecule has 1 atom stereocenters. The van der Waals surface area contributed by atoms with Crippen molar-refractivity contribution in [3.05, 3.63) is 24.3 Å².